The van der Waals surface area contributed by atoms with Gasteiger partial charge in [0.25, 0.3) is 0 Å². The molecule has 0 aromatic carbocycles. The molecule has 0 fully saturated rings. The van der Waals surface area contributed by atoms with E-state index in [2.05, 4.69) is 20.6 Å². The first kappa shape index (κ1) is 11.4. The molecule has 0 spiro atoms. The Morgan fingerprint density at radius 2 is 2.18 bits per heavy atom. The third-order valence-corrected chi connectivity index (χ3v) is 2.47. The molecular weight excluding hydrogens is 220 g/mol. The molecule has 0 saturated heterocycles. The molecule has 0 amide bonds. The van der Waals surface area contributed by atoms with Gasteiger partial charge in [0.05, 0.1) is 23.8 Å². The molecule has 0 N–H and O–H groups in total. The highest BCUT2D eigenvalue weighted by Crippen LogP contribution is 2.16. The maximum atomic E-state index is 12.0. The normalized spacial score (nSPS) is 11.1. The second kappa shape index (κ2) is 4.44. The van der Waals surface area contributed by atoms with Crippen molar-refractivity contribution >= 4 is 6.03 Å². The summed E-state index contributed by atoms with van der Waals surface area (Å²) in [5.74, 6) is 0.238. The maximum Gasteiger partial charge on any atom is 0.372 e. The number of nitrogens with zero attached hydrogens (tertiary/aromatic N) is 6. The molecule has 0 aliphatic rings. The van der Waals surface area contributed by atoms with Crippen LogP contribution in [-0.4, -0.2) is 36.0 Å². The fourth-order valence-electron chi connectivity index (χ4n) is 1.65. The van der Waals surface area contributed by atoms with Crippen LogP contribution in [0.5, 0.6) is 0 Å². The van der Waals surface area contributed by atoms with E-state index in [9.17, 15) is 4.79 Å². The first-order chi connectivity index (χ1) is 8.15. The van der Waals surface area contributed by atoms with Gasteiger partial charge in [0.1, 0.15) is 0 Å². The summed E-state index contributed by atoms with van der Waals surface area (Å²) in [6.45, 7) is 6.01. The Morgan fingerprint density at radius 1 is 1.41 bits per heavy atom. The average Bonchev–Trinajstić information content (AvgIpc) is 2.96. The zero-order valence-corrected chi connectivity index (χ0v) is 10.0. The molecule has 0 bridgehead atoms. The molecule has 90 valence electrons. The first-order valence-corrected chi connectivity index (χ1v) is 5.50. The molecule has 2 aromatic rings. The van der Waals surface area contributed by atoms with E-state index in [0.29, 0.717) is 6.42 Å². The molecular formula is C10H14N6O. The van der Waals surface area contributed by atoms with Crippen molar-refractivity contribution in [2.45, 2.75) is 33.1 Å². The van der Waals surface area contributed by atoms with Crippen LogP contribution in [-0.2, 0) is 6.42 Å². The van der Waals surface area contributed by atoms with Gasteiger partial charge >= 0.3 is 6.03 Å². The predicted molar refractivity (Wildman–Crippen MR) is 59.7 cm³/mol. The summed E-state index contributed by atoms with van der Waals surface area (Å²) in [5.41, 5.74) is 1.67. The van der Waals surface area contributed by atoms with Crippen molar-refractivity contribution in [2.75, 3.05) is 0 Å². The smallest absolute Gasteiger partial charge is 0.243 e. The van der Waals surface area contributed by atoms with E-state index in [1.54, 1.807) is 0 Å². The molecule has 2 aromatic heterocycles. The number of hydrogen-bond donors (Lipinski definition) is 0. The van der Waals surface area contributed by atoms with E-state index in [1.807, 2.05) is 20.8 Å². The Bertz CT molecular complexity index is 513. The van der Waals surface area contributed by atoms with Gasteiger partial charge in [0, 0.05) is 0 Å². The Kier molecular flexibility index (Phi) is 2.99. The number of rotatable bonds is 2. The quantitative estimate of drug-likeness (QED) is 0.776. The van der Waals surface area contributed by atoms with Gasteiger partial charge in [-0.25, -0.2) is 4.79 Å². The maximum absolute atomic E-state index is 12.0. The molecule has 2 heterocycles. The molecule has 17 heavy (non-hydrogen) atoms. The highest BCUT2D eigenvalue weighted by atomic mass is 16.2. The topological polar surface area (TPSA) is 78.5 Å². The van der Waals surface area contributed by atoms with Gasteiger partial charge in [-0.1, -0.05) is 31.2 Å². The van der Waals surface area contributed by atoms with Gasteiger partial charge in [-0.15, -0.1) is 10.2 Å². The van der Waals surface area contributed by atoms with Gasteiger partial charge in [0.2, 0.25) is 0 Å². The van der Waals surface area contributed by atoms with Crippen LogP contribution in [0.2, 0.25) is 0 Å². The van der Waals surface area contributed by atoms with Crippen molar-refractivity contribution in [3.8, 4) is 0 Å². The lowest BCUT2D eigenvalue weighted by atomic mass is 10.1. The monoisotopic (exact) mass is 234 g/mol. The lowest BCUT2D eigenvalue weighted by molar-refractivity contribution is 0.236. The zero-order valence-electron chi connectivity index (χ0n) is 10.0. The minimum Gasteiger partial charge on any atom is -0.243 e. The van der Waals surface area contributed by atoms with E-state index >= 15 is 0 Å². The van der Waals surface area contributed by atoms with Crippen LogP contribution in [0.25, 0.3) is 0 Å². The van der Waals surface area contributed by atoms with Crippen molar-refractivity contribution in [2.24, 2.45) is 0 Å². The van der Waals surface area contributed by atoms with Gasteiger partial charge in [-0.05, 0) is 12.3 Å². The second-order valence-corrected chi connectivity index (χ2v) is 3.97. The molecule has 0 aliphatic carbocycles. The highest BCUT2D eigenvalue weighted by molar-refractivity contribution is 5.77. The fourth-order valence-corrected chi connectivity index (χ4v) is 1.65. The Hall–Kier alpha value is -2.05. The van der Waals surface area contributed by atoms with E-state index in [0.717, 1.165) is 16.1 Å². The summed E-state index contributed by atoms with van der Waals surface area (Å²) in [4.78, 5) is 12.0. The SMILES string of the molecule is CCc1c(C(C)C)nnn1C(=O)n1ccnn1. The lowest BCUT2D eigenvalue weighted by Crippen LogP contribution is -2.23. The third kappa shape index (κ3) is 1.95. The number of hydrogen-bond acceptors (Lipinski definition) is 5. The third-order valence-electron chi connectivity index (χ3n) is 2.47. The summed E-state index contributed by atoms with van der Waals surface area (Å²) in [6, 6.07) is -0.362. The van der Waals surface area contributed by atoms with Crippen LogP contribution in [0.4, 0.5) is 4.79 Å². The van der Waals surface area contributed by atoms with Crippen LogP contribution in [0.3, 0.4) is 0 Å². The zero-order chi connectivity index (χ0) is 12.4. The van der Waals surface area contributed by atoms with Crippen LogP contribution < -0.4 is 0 Å². The fraction of sp³-hybridized carbons (Fsp3) is 0.500. The predicted octanol–water partition coefficient (Wildman–Crippen LogP) is 1.07. The summed E-state index contributed by atoms with van der Waals surface area (Å²) >= 11 is 0. The van der Waals surface area contributed by atoms with Crippen LogP contribution in [0.1, 0.15) is 38.1 Å². The van der Waals surface area contributed by atoms with E-state index in [4.69, 9.17) is 0 Å². The minimum absolute atomic E-state index is 0.238. The highest BCUT2D eigenvalue weighted by Gasteiger charge is 2.19. The molecule has 0 atom stereocenters. The molecule has 7 nitrogen and oxygen atoms in total. The average molecular weight is 234 g/mol. The van der Waals surface area contributed by atoms with Crippen LogP contribution >= 0.6 is 0 Å². The Labute approximate surface area is 98.4 Å². The molecule has 0 radical (unpaired) electrons. The largest absolute Gasteiger partial charge is 0.372 e. The summed E-state index contributed by atoms with van der Waals surface area (Å²) in [6.07, 6.45) is 3.63. The van der Waals surface area contributed by atoms with Gasteiger partial charge in [-0.2, -0.15) is 9.36 Å². The first-order valence-electron chi connectivity index (χ1n) is 5.50. The molecule has 0 aliphatic heterocycles. The molecule has 0 saturated carbocycles. The van der Waals surface area contributed by atoms with E-state index in [-0.39, 0.29) is 11.9 Å². The molecule has 0 unspecified atom stereocenters. The summed E-state index contributed by atoms with van der Waals surface area (Å²) < 4.78 is 2.42. The summed E-state index contributed by atoms with van der Waals surface area (Å²) in [5, 5.41) is 15.2. The van der Waals surface area contributed by atoms with E-state index < -0.39 is 0 Å². The van der Waals surface area contributed by atoms with Crippen molar-refractivity contribution in [1.29, 1.82) is 0 Å². The van der Waals surface area contributed by atoms with Crippen molar-refractivity contribution in [1.82, 2.24) is 30.0 Å². The number of aromatic nitrogens is 6. The van der Waals surface area contributed by atoms with Gasteiger partial charge in [-0.3, -0.25) is 0 Å². The Balaban J connectivity index is 2.43. The minimum atomic E-state index is -0.362. The number of carbonyl (C=O) groups excluding carboxylic acids is 1. The van der Waals surface area contributed by atoms with E-state index in [1.165, 1.54) is 17.1 Å². The summed E-state index contributed by atoms with van der Waals surface area (Å²) in [7, 11) is 0. The van der Waals surface area contributed by atoms with Crippen molar-refractivity contribution < 1.29 is 4.79 Å². The van der Waals surface area contributed by atoms with Gasteiger partial charge in [0.15, 0.2) is 0 Å². The standard InChI is InChI=1S/C10H14N6O/c1-4-8-9(7(2)3)12-14-16(8)10(17)15-6-5-11-13-15/h5-7H,4H2,1-3H3. The van der Waals surface area contributed by atoms with Crippen LogP contribution in [0, 0.1) is 0 Å². The Morgan fingerprint density at radius 3 is 2.71 bits per heavy atom. The van der Waals surface area contributed by atoms with Crippen LogP contribution in [0.15, 0.2) is 12.4 Å². The molecule has 2 rings (SSSR count). The van der Waals surface area contributed by atoms with Crippen molar-refractivity contribution in [3.63, 3.8) is 0 Å². The van der Waals surface area contributed by atoms with Crippen molar-refractivity contribution in [3.05, 3.63) is 23.8 Å². The second-order valence-electron chi connectivity index (χ2n) is 3.97. The van der Waals surface area contributed by atoms with Gasteiger partial charge < -0.3 is 0 Å². The number of carbonyl (C=O) groups is 1. The molecule has 7 heteroatoms. The lowest BCUT2D eigenvalue weighted by Gasteiger charge is -2.05.